The fraction of sp³-hybridized carbons (Fsp3) is 0.962. The molecule has 0 saturated heterocycles. The van der Waals surface area contributed by atoms with Crippen molar-refractivity contribution >= 4 is 5.97 Å². The average Bonchev–Trinajstić information content (AvgIpc) is 3.12. The Labute approximate surface area is 194 Å². The van der Waals surface area contributed by atoms with Crippen molar-refractivity contribution in [2.24, 2.45) is 46.0 Å². The first-order valence-corrected chi connectivity index (χ1v) is 13.1. The summed E-state index contributed by atoms with van der Waals surface area (Å²) in [7, 11) is 1.47. The summed E-state index contributed by atoms with van der Waals surface area (Å²) >= 11 is 0. The van der Waals surface area contributed by atoms with Crippen molar-refractivity contribution in [2.45, 2.75) is 110 Å². The van der Waals surface area contributed by atoms with Crippen molar-refractivity contribution in [3.05, 3.63) is 10.4 Å². The van der Waals surface area contributed by atoms with Crippen LogP contribution in [-0.4, -0.2) is 30.3 Å². The van der Waals surface area contributed by atoms with Crippen molar-refractivity contribution in [1.29, 1.82) is 0 Å². The lowest BCUT2D eigenvalue weighted by Gasteiger charge is -2.54. The van der Waals surface area contributed by atoms with Gasteiger partial charge in [0.1, 0.15) is 0 Å². The van der Waals surface area contributed by atoms with E-state index in [0.717, 1.165) is 38.5 Å². The van der Waals surface area contributed by atoms with Gasteiger partial charge < -0.3 is 9.84 Å². The Morgan fingerprint density at radius 3 is 2.75 bits per heavy atom. The van der Waals surface area contributed by atoms with Gasteiger partial charge in [-0.15, -0.1) is 0 Å². The molecule has 0 heterocycles. The van der Waals surface area contributed by atoms with Gasteiger partial charge >= 0.3 is 5.97 Å². The Kier molecular flexibility index (Phi) is 8.91. The number of rotatable bonds is 10. The fourth-order valence-corrected chi connectivity index (χ4v) is 8.09. The molecule has 3 aliphatic rings. The summed E-state index contributed by atoms with van der Waals surface area (Å²) in [6.45, 7) is 6.96. The van der Waals surface area contributed by atoms with E-state index >= 15 is 0 Å². The number of azide groups is 1. The molecule has 0 aromatic carbocycles. The summed E-state index contributed by atoms with van der Waals surface area (Å²) in [5, 5.41) is 15.4. The van der Waals surface area contributed by atoms with Crippen molar-refractivity contribution in [3.63, 3.8) is 0 Å². The molecular weight excluding hydrogens is 402 g/mol. The highest BCUT2D eigenvalue weighted by molar-refractivity contribution is 5.69. The Balaban J connectivity index is 1.63. The number of esters is 1. The molecule has 32 heavy (non-hydrogen) atoms. The van der Waals surface area contributed by atoms with Crippen LogP contribution in [0.1, 0.15) is 97.8 Å². The van der Waals surface area contributed by atoms with Gasteiger partial charge in [-0.1, -0.05) is 38.7 Å². The number of carbonyl (C=O) groups excluding carboxylic acids is 1. The number of carbonyl (C=O) groups is 1. The van der Waals surface area contributed by atoms with Crippen LogP contribution in [-0.2, 0) is 9.53 Å². The minimum Gasteiger partial charge on any atom is -0.469 e. The number of nitrogens with zero attached hydrogens (tertiary/aromatic N) is 3. The van der Waals surface area contributed by atoms with Crippen LogP contribution in [0.25, 0.3) is 10.4 Å². The predicted octanol–water partition coefficient (Wildman–Crippen LogP) is 6.66. The van der Waals surface area contributed by atoms with E-state index in [1.54, 1.807) is 0 Å². The van der Waals surface area contributed by atoms with Crippen LogP contribution < -0.4 is 0 Å². The third kappa shape index (κ3) is 5.44. The van der Waals surface area contributed by atoms with Gasteiger partial charge in [0.25, 0.3) is 0 Å². The summed E-state index contributed by atoms with van der Waals surface area (Å²) in [5.74, 6) is 3.12. The molecule has 0 aliphatic heterocycles. The van der Waals surface area contributed by atoms with Crippen molar-refractivity contribution in [3.8, 4) is 0 Å². The van der Waals surface area contributed by atoms with Gasteiger partial charge in [0.05, 0.1) is 13.2 Å². The van der Waals surface area contributed by atoms with E-state index in [-0.39, 0.29) is 23.5 Å². The second-order valence-electron chi connectivity index (χ2n) is 11.4. The highest BCUT2D eigenvalue weighted by Gasteiger charge is 2.57. The standard InChI is InChI=1S/C26H45N3O3/c1-5-6-7-20(28-29-27)15-18-14-19-12-13-26(3)21(17(2)8-11-24(31)32-4)9-10-22(26)25(19)23(30)16-18/h17-23,25,30H,5-16H2,1-4H3/t17-,18?,19-,20?,21-,22?,23+,25-,26-/m1/s1. The summed E-state index contributed by atoms with van der Waals surface area (Å²) < 4.78 is 4.86. The molecule has 3 aliphatic carbocycles. The first-order valence-electron chi connectivity index (χ1n) is 13.1. The molecule has 3 rings (SSSR count). The maximum absolute atomic E-state index is 11.6. The molecule has 9 atom stereocenters. The quantitative estimate of drug-likeness (QED) is 0.175. The number of unbranched alkanes of at least 4 members (excludes halogenated alkanes) is 1. The smallest absolute Gasteiger partial charge is 0.305 e. The van der Waals surface area contributed by atoms with E-state index in [1.165, 1.54) is 39.2 Å². The minimum atomic E-state index is -0.231. The summed E-state index contributed by atoms with van der Waals surface area (Å²) in [6, 6.07) is 0.0778. The predicted molar refractivity (Wildman–Crippen MR) is 127 cm³/mol. The van der Waals surface area contributed by atoms with Gasteiger partial charge in [-0.2, -0.15) is 0 Å². The van der Waals surface area contributed by atoms with Crippen LogP contribution in [0.5, 0.6) is 0 Å². The first-order chi connectivity index (χ1) is 15.3. The van der Waals surface area contributed by atoms with Gasteiger partial charge in [-0.05, 0) is 104 Å². The molecule has 3 unspecified atom stereocenters. The Bertz CT molecular complexity index is 679. The number of aliphatic hydroxyl groups excluding tert-OH is 1. The van der Waals surface area contributed by atoms with Crippen LogP contribution >= 0.6 is 0 Å². The molecular formula is C26H45N3O3. The lowest BCUT2D eigenvalue weighted by molar-refractivity contribution is -0.141. The maximum atomic E-state index is 11.6. The summed E-state index contributed by atoms with van der Waals surface area (Å²) in [4.78, 5) is 14.7. The highest BCUT2D eigenvalue weighted by atomic mass is 16.5. The van der Waals surface area contributed by atoms with Gasteiger partial charge in [0.2, 0.25) is 0 Å². The number of methoxy groups -OCH3 is 1. The van der Waals surface area contributed by atoms with Crippen molar-refractivity contribution < 1.29 is 14.6 Å². The second-order valence-corrected chi connectivity index (χ2v) is 11.4. The number of hydrogen-bond donors (Lipinski definition) is 1. The molecule has 6 heteroatoms. The normalized spacial score (nSPS) is 38.2. The van der Waals surface area contributed by atoms with E-state index in [9.17, 15) is 9.90 Å². The average molecular weight is 448 g/mol. The van der Waals surface area contributed by atoms with Crippen LogP contribution in [0.2, 0.25) is 0 Å². The van der Waals surface area contributed by atoms with E-state index in [4.69, 9.17) is 10.3 Å². The molecule has 1 N–H and O–H groups in total. The molecule has 0 spiro atoms. The molecule has 182 valence electrons. The molecule has 0 amide bonds. The van der Waals surface area contributed by atoms with Crippen LogP contribution in [0.15, 0.2) is 5.11 Å². The van der Waals surface area contributed by atoms with Gasteiger partial charge in [0, 0.05) is 17.4 Å². The molecule has 0 radical (unpaired) electrons. The van der Waals surface area contributed by atoms with Gasteiger partial charge in [-0.3, -0.25) is 4.79 Å². The molecule has 3 saturated carbocycles. The SMILES string of the molecule is CCCCC(CC1C[C@H]2CC[C@@]3(C)C(CC[C@@H]3[C@H](C)CCC(=O)OC)[C@@H]2[C@@H](O)C1)N=[N+]=[N-]. The van der Waals surface area contributed by atoms with Gasteiger partial charge in [0.15, 0.2) is 0 Å². The monoisotopic (exact) mass is 447 g/mol. The zero-order valence-corrected chi connectivity index (χ0v) is 20.7. The molecule has 3 fully saturated rings. The zero-order chi connectivity index (χ0) is 23.3. The lowest BCUT2D eigenvalue weighted by atomic mass is 9.52. The van der Waals surface area contributed by atoms with Crippen molar-refractivity contribution in [2.75, 3.05) is 7.11 Å². The van der Waals surface area contributed by atoms with E-state index in [2.05, 4.69) is 30.8 Å². The topological polar surface area (TPSA) is 95.3 Å². The fourth-order valence-electron chi connectivity index (χ4n) is 8.09. The summed E-state index contributed by atoms with van der Waals surface area (Å²) in [5.41, 5.74) is 9.25. The van der Waals surface area contributed by atoms with E-state index in [1.807, 2.05) is 0 Å². The summed E-state index contributed by atoms with van der Waals surface area (Å²) in [6.07, 6.45) is 12.2. The van der Waals surface area contributed by atoms with Crippen LogP contribution in [0, 0.1) is 40.9 Å². The van der Waals surface area contributed by atoms with Gasteiger partial charge in [-0.25, -0.2) is 0 Å². The number of ether oxygens (including phenoxy) is 1. The largest absolute Gasteiger partial charge is 0.469 e. The molecule has 0 aromatic heterocycles. The Morgan fingerprint density at radius 2 is 2.06 bits per heavy atom. The lowest BCUT2D eigenvalue weighted by Crippen LogP contribution is -2.50. The zero-order valence-electron chi connectivity index (χ0n) is 20.7. The van der Waals surface area contributed by atoms with Crippen LogP contribution in [0.3, 0.4) is 0 Å². The number of fused-ring (bicyclic) bond motifs is 3. The first kappa shape index (κ1) is 25.4. The molecule has 0 aromatic rings. The number of hydrogen-bond acceptors (Lipinski definition) is 4. The highest BCUT2D eigenvalue weighted by Crippen LogP contribution is 2.63. The Hall–Kier alpha value is -1.26. The van der Waals surface area contributed by atoms with Crippen molar-refractivity contribution in [1.82, 2.24) is 0 Å². The minimum absolute atomic E-state index is 0.0778. The third-order valence-electron chi connectivity index (χ3n) is 9.63. The molecule has 6 nitrogen and oxygen atoms in total. The molecule has 0 bridgehead atoms. The number of aliphatic hydroxyl groups is 1. The van der Waals surface area contributed by atoms with E-state index in [0.29, 0.717) is 41.9 Å². The Morgan fingerprint density at radius 1 is 1.28 bits per heavy atom. The third-order valence-corrected chi connectivity index (χ3v) is 9.63. The maximum Gasteiger partial charge on any atom is 0.305 e. The van der Waals surface area contributed by atoms with E-state index < -0.39 is 0 Å². The second kappa shape index (κ2) is 11.2. The van der Waals surface area contributed by atoms with Crippen LogP contribution in [0.4, 0.5) is 0 Å².